The number of benzene rings is 1. The second kappa shape index (κ2) is 6.02. The summed E-state index contributed by atoms with van der Waals surface area (Å²) >= 11 is 6.16. The molecule has 112 valence electrons. The number of anilines is 1. The molecule has 0 aliphatic heterocycles. The number of ether oxygens (including phenoxy) is 1. The molecule has 1 amide bonds. The second-order valence-corrected chi connectivity index (χ2v) is 6.77. The summed E-state index contributed by atoms with van der Waals surface area (Å²) in [7, 11) is 0. The van der Waals surface area contributed by atoms with E-state index >= 15 is 0 Å². The van der Waals surface area contributed by atoms with Gasteiger partial charge in [0.15, 0.2) is 0 Å². The minimum atomic E-state index is -0.560. The average Bonchev–Trinajstić information content (AvgIpc) is 2.29. The molecule has 1 rings (SSSR count). The number of nitrogens with one attached hydrogen (secondary N) is 1. The van der Waals surface area contributed by atoms with Crippen molar-refractivity contribution in [2.24, 2.45) is 0 Å². The molecule has 20 heavy (non-hydrogen) atoms. The van der Waals surface area contributed by atoms with E-state index in [4.69, 9.17) is 16.3 Å². The normalized spacial score (nSPS) is 12.2. The zero-order chi connectivity index (χ0) is 15.6. The first-order chi connectivity index (χ1) is 9.05. The number of amides is 1. The SMILES string of the molecule is CC(C)(C)OC(=O)Nc1ccc(C(C)(C)CO)cc1Cl. The van der Waals surface area contributed by atoms with Crippen molar-refractivity contribution in [2.75, 3.05) is 11.9 Å². The summed E-state index contributed by atoms with van der Waals surface area (Å²) in [6.45, 7) is 9.23. The molecule has 0 unspecified atom stereocenters. The molecule has 0 saturated carbocycles. The summed E-state index contributed by atoms with van der Waals surface area (Å²) in [5.74, 6) is 0. The van der Waals surface area contributed by atoms with Gasteiger partial charge in [0.25, 0.3) is 0 Å². The average molecular weight is 300 g/mol. The highest BCUT2D eigenvalue weighted by atomic mass is 35.5. The van der Waals surface area contributed by atoms with Crippen LogP contribution in [0.2, 0.25) is 5.02 Å². The summed E-state index contributed by atoms with van der Waals surface area (Å²) in [6.07, 6.45) is -0.548. The van der Waals surface area contributed by atoms with Gasteiger partial charge in [-0.15, -0.1) is 0 Å². The Labute approximate surface area is 125 Å². The third kappa shape index (κ3) is 4.69. The van der Waals surface area contributed by atoms with E-state index in [9.17, 15) is 9.90 Å². The van der Waals surface area contributed by atoms with Crippen LogP contribution in [-0.4, -0.2) is 23.4 Å². The van der Waals surface area contributed by atoms with Gasteiger partial charge in [0.2, 0.25) is 0 Å². The molecule has 0 atom stereocenters. The maximum Gasteiger partial charge on any atom is 0.412 e. The van der Waals surface area contributed by atoms with Crippen LogP contribution in [0.25, 0.3) is 0 Å². The molecule has 0 fully saturated rings. The number of carbonyl (C=O) groups is 1. The largest absolute Gasteiger partial charge is 0.444 e. The monoisotopic (exact) mass is 299 g/mol. The molecule has 0 spiro atoms. The maximum atomic E-state index is 11.7. The van der Waals surface area contributed by atoms with Gasteiger partial charge in [-0.25, -0.2) is 4.79 Å². The van der Waals surface area contributed by atoms with E-state index in [1.807, 2.05) is 19.9 Å². The van der Waals surface area contributed by atoms with Crippen molar-refractivity contribution in [1.29, 1.82) is 0 Å². The fraction of sp³-hybridized carbons (Fsp3) is 0.533. The van der Waals surface area contributed by atoms with Crippen molar-refractivity contribution in [3.05, 3.63) is 28.8 Å². The van der Waals surface area contributed by atoms with Crippen LogP contribution in [0.1, 0.15) is 40.2 Å². The van der Waals surface area contributed by atoms with Gasteiger partial charge in [-0.05, 0) is 38.5 Å². The molecule has 4 nitrogen and oxygen atoms in total. The Morgan fingerprint density at radius 3 is 2.35 bits per heavy atom. The number of carbonyl (C=O) groups excluding carboxylic acids is 1. The molecule has 1 aromatic carbocycles. The number of rotatable bonds is 3. The van der Waals surface area contributed by atoms with E-state index in [2.05, 4.69) is 5.32 Å². The molecule has 2 N–H and O–H groups in total. The van der Waals surface area contributed by atoms with E-state index in [1.54, 1.807) is 32.9 Å². The molecule has 0 aliphatic carbocycles. The van der Waals surface area contributed by atoms with Crippen LogP contribution >= 0.6 is 11.6 Å². The minimum Gasteiger partial charge on any atom is -0.444 e. The molecule has 0 bridgehead atoms. The number of hydrogen-bond donors (Lipinski definition) is 2. The van der Waals surface area contributed by atoms with Gasteiger partial charge in [-0.1, -0.05) is 31.5 Å². The fourth-order valence-electron chi connectivity index (χ4n) is 1.54. The Morgan fingerprint density at radius 1 is 1.30 bits per heavy atom. The molecular formula is C15H22ClNO3. The van der Waals surface area contributed by atoms with E-state index in [0.717, 1.165) is 5.56 Å². The van der Waals surface area contributed by atoms with Gasteiger partial charge < -0.3 is 9.84 Å². The Kier molecular flexibility index (Phi) is 5.05. The van der Waals surface area contributed by atoms with Crippen LogP contribution in [0, 0.1) is 0 Å². The van der Waals surface area contributed by atoms with Gasteiger partial charge >= 0.3 is 6.09 Å². The van der Waals surface area contributed by atoms with E-state index in [-0.39, 0.29) is 12.0 Å². The third-order valence-electron chi connectivity index (χ3n) is 2.78. The Hall–Kier alpha value is -1.26. The van der Waals surface area contributed by atoms with Gasteiger partial charge in [0, 0.05) is 5.41 Å². The lowest BCUT2D eigenvalue weighted by atomic mass is 9.85. The molecule has 1 aromatic rings. The number of hydrogen-bond acceptors (Lipinski definition) is 3. The summed E-state index contributed by atoms with van der Waals surface area (Å²) in [5.41, 5.74) is 0.446. The zero-order valence-electron chi connectivity index (χ0n) is 12.6. The standard InChI is InChI=1S/C15H22ClNO3/c1-14(2,3)20-13(19)17-12-7-6-10(8-11(12)16)15(4,5)9-18/h6-8,18H,9H2,1-5H3,(H,17,19). The van der Waals surface area contributed by atoms with Crippen molar-refractivity contribution in [3.63, 3.8) is 0 Å². The van der Waals surface area contributed by atoms with Crippen LogP contribution in [0.4, 0.5) is 10.5 Å². The summed E-state index contributed by atoms with van der Waals surface area (Å²) in [4.78, 5) is 11.7. The molecule has 0 aromatic heterocycles. The zero-order valence-corrected chi connectivity index (χ0v) is 13.3. The maximum absolute atomic E-state index is 11.7. The van der Waals surface area contributed by atoms with Gasteiger partial charge in [0.05, 0.1) is 17.3 Å². The van der Waals surface area contributed by atoms with Crippen molar-refractivity contribution in [2.45, 2.75) is 45.6 Å². The van der Waals surface area contributed by atoms with Gasteiger partial charge in [-0.2, -0.15) is 0 Å². The van der Waals surface area contributed by atoms with E-state index in [1.165, 1.54) is 0 Å². The Bertz CT molecular complexity index is 492. The van der Waals surface area contributed by atoms with E-state index in [0.29, 0.717) is 10.7 Å². The van der Waals surface area contributed by atoms with Gasteiger partial charge in [0.1, 0.15) is 5.60 Å². The predicted molar refractivity (Wildman–Crippen MR) is 81.4 cm³/mol. The quantitative estimate of drug-likeness (QED) is 0.888. The molecule has 5 heteroatoms. The highest BCUT2D eigenvalue weighted by Crippen LogP contribution is 2.30. The first-order valence-electron chi connectivity index (χ1n) is 6.46. The van der Waals surface area contributed by atoms with Crippen LogP contribution in [0.5, 0.6) is 0 Å². The summed E-state index contributed by atoms with van der Waals surface area (Å²) < 4.78 is 5.17. The number of halogens is 1. The van der Waals surface area contributed by atoms with Crippen LogP contribution in [0.3, 0.4) is 0 Å². The molecule has 0 heterocycles. The molecule has 0 radical (unpaired) electrons. The first-order valence-corrected chi connectivity index (χ1v) is 6.84. The van der Waals surface area contributed by atoms with Crippen molar-refractivity contribution in [3.8, 4) is 0 Å². The lowest BCUT2D eigenvalue weighted by Crippen LogP contribution is -2.27. The van der Waals surface area contributed by atoms with Crippen molar-refractivity contribution < 1.29 is 14.6 Å². The molecular weight excluding hydrogens is 278 g/mol. The summed E-state index contributed by atoms with van der Waals surface area (Å²) in [5, 5.41) is 12.4. The van der Waals surface area contributed by atoms with Crippen molar-refractivity contribution in [1.82, 2.24) is 0 Å². The number of aliphatic hydroxyl groups excluding tert-OH is 1. The fourth-order valence-corrected chi connectivity index (χ4v) is 1.77. The highest BCUT2D eigenvalue weighted by Gasteiger charge is 2.21. The molecule has 0 saturated heterocycles. The Balaban J connectivity index is 2.87. The first kappa shape index (κ1) is 16.8. The lowest BCUT2D eigenvalue weighted by Gasteiger charge is -2.23. The van der Waals surface area contributed by atoms with E-state index < -0.39 is 11.7 Å². The predicted octanol–water partition coefficient (Wildman–Crippen LogP) is 3.96. The minimum absolute atomic E-state index is 0.0160. The topological polar surface area (TPSA) is 58.6 Å². The molecule has 0 aliphatic rings. The Morgan fingerprint density at radius 2 is 1.90 bits per heavy atom. The van der Waals surface area contributed by atoms with Crippen LogP contribution in [0.15, 0.2) is 18.2 Å². The van der Waals surface area contributed by atoms with Crippen LogP contribution < -0.4 is 5.32 Å². The highest BCUT2D eigenvalue weighted by molar-refractivity contribution is 6.33. The number of aliphatic hydroxyl groups is 1. The third-order valence-corrected chi connectivity index (χ3v) is 3.09. The van der Waals surface area contributed by atoms with Crippen molar-refractivity contribution >= 4 is 23.4 Å². The lowest BCUT2D eigenvalue weighted by molar-refractivity contribution is 0.0636. The smallest absolute Gasteiger partial charge is 0.412 e. The second-order valence-electron chi connectivity index (χ2n) is 6.36. The van der Waals surface area contributed by atoms with Crippen LogP contribution in [-0.2, 0) is 10.2 Å². The summed E-state index contributed by atoms with van der Waals surface area (Å²) in [6, 6.07) is 5.28. The van der Waals surface area contributed by atoms with Gasteiger partial charge in [-0.3, -0.25) is 5.32 Å².